The van der Waals surface area contributed by atoms with Crippen LogP contribution in [-0.2, 0) is 19.2 Å². The molecule has 0 spiro atoms. The van der Waals surface area contributed by atoms with E-state index in [1.807, 2.05) is 0 Å². The van der Waals surface area contributed by atoms with Gasteiger partial charge in [-0.05, 0) is 12.3 Å². The quantitative estimate of drug-likeness (QED) is 0.687. The minimum atomic E-state index is -0.505. The molecule has 1 aliphatic heterocycles. The van der Waals surface area contributed by atoms with Gasteiger partial charge in [0.15, 0.2) is 0 Å². The van der Waals surface area contributed by atoms with Crippen LogP contribution in [-0.4, -0.2) is 22.8 Å². The van der Waals surface area contributed by atoms with Crippen molar-refractivity contribution in [2.75, 3.05) is 0 Å². The predicted octanol–water partition coefficient (Wildman–Crippen LogP) is 1.67. The molecule has 1 rings (SSSR count). The Labute approximate surface area is 101 Å². The first kappa shape index (κ1) is 13.7. The molecule has 1 saturated heterocycles. The van der Waals surface area contributed by atoms with Gasteiger partial charge >= 0.3 is 5.97 Å². The average molecular weight is 241 g/mol. The van der Waals surface area contributed by atoms with E-state index < -0.39 is 17.8 Å². The zero-order valence-electron chi connectivity index (χ0n) is 10.6. The Morgan fingerprint density at radius 2 is 1.71 bits per heavy atom. The van der Waals surface area contributed by atoms with E-state index in [1.165, 1.54) is 0 Å². The molecule has 2 amide bonds. The minimum Gasteiger partial charge on any atom is -0.330 e. The molecule has 1 heterocycles. The maximum absolute atomic E-state index is 11.6. The summed E-state index contributed by atoms with van der Waals surface area (Å²) in [6.07, 6.45) is 1.88. The van der Waals surface area contributed by atoms with Gasteiger partial charge in [0, 0.05) is 12.8 Å². The lowest BCUT2D eigenvalue weighted by Gasteiger charge is -2.16. The fraction of sp³-hybridized carbons (Fsp3) is 0.750. The largest absolute Gasteiger partial charge is 0.335 e. The molecule has 0 aliphatic carbocycles. The third kappa shape index (κ3) is 3.84. The lowest BCUT2D eigenvalue weighted by molar-refractivity contribution is -0.200. The van der Waals surface area contributed by atoms with Crippen molar-refractivity contribution in [3.8, 4) is 0 Å². The molecule has 1 atom stereocenters. The van der Waals surface area contributed by atoms with Crippen LogP contribution in [0.25, 0.3) is 0 Å². The highest BCUT2D eigenvalue weighted by molar-refractivity contribution is 6.01. The Balaban J connectivity index is 2.43. The van der Waals surface area contributed by atoms with Crippen molar-refractivity contribution >= 4 is 17.8 Å². The van der Waals surface area contributed by atoms with Gasteiger partial charge in [0.25, 0.3) is 11.8 Å². The Morgan fingerprint density at radius 3 is 2.18 bits per heavy atom. The van der Waals surface area contributed by atoms with Crippen LogP contribution in [0.3, 0.4) is 0 Å². The molecule has 0 bridgehead atoms. The molecular formula is C12H19NO4. The van der Waals surface area contributed by atoms with E-state index in [4.69, 9.17) is 4.84 Å². The summed E-state index contributed by atoms with van der Waals surface area (Å²) in [7, 11) is 0. The average Bonchev–Trinajstić information content (AvgIpc) is 2.57. The summed E-state index contributed by atoms with van der Waals surface area (Å²) in [4.78, 5) is 38.9. The number of nitrogens with zero attached hydrogens (tertiary/aromatic N) is 1. The third-order valence-corrected chi connectivity index (χ3v) is 2.77. The number of carbonyl (C=O) groups is 3. The fourth-order valence-electron chi connectivity index (χ4n) is 1.54. The number of hydroxylamine groups is 2. The van der Waals surface area contributed by atoms with Crippen molar-refractivity contribution in [1.82, 2.24) is 5.06 Å². The SMILES string of the molecule is CC(C)CCC(C)C(=O)ON1C(=O)CCC1=O. The molecule has 96 valence electrons. The second-order valence-corrected chi connectivity index (χ2v) is 4.86. The van der Waals surface area contributed by atoms with Crippen LogP contribution in [0.5, 0.6) is 0 Å². The highest BCUT2D eigenvalue weighted by Gasteiger charge is 2.33. The highest BCUT2D eigenvalue weighted by Crippen LogP contribution is 2.17. The van der Waals surface area contributed by atoms with Crippen LogP contribution in [0.4, 0.5) is 0 Å². The summed E-state index contributed by atoms with van der Waals surface area (Å²) in [5.41, 5.74) is 0. The summed E-state index contributed by atoms with van der Waals surface area (Å²) in [5.74, 6) is -1.15. The van der Waals surface area contributed by atoms with E-state index in [1.54, 1.807) is 6.92 Å². The molecule has 1 fully saturated rings. The van der Waals surface area contributed by atoms with Gasteiger partial charge in [0.2, 0.25) is 0 Å². The molecule has 1 unspecified atom stereocenters. The zero-order valence-corrected chi connectivity index (χ0v) is 10.6. The Kier molecular flexibility index (Phi) is 4.66. The number of imide groups is 1. The monoisotopic (exact) mass is 241 g/mol. The van der Waals surface area contributed by atoms with Gasteiger partial charge in [-0.1, -0.05) is 27.2 Å². The number of amides is 2. The molecule has 0 radical (unpaired) electrons. The van der Waals surface area contributed by atoms with E-state index in [9.17, 15) is 14.4 Å². The number of carbonyl (C=O) groups excluding carboxylic acids is 3. The summed E-state index contributed by atoms with van der Waals surface area (Å²) in [5, 5.41) is 0.605. The lowest BCUT2D eigenvalue weighted by Crippen LogP contribution is -2.34. The molecule has 17 heavy (non-hydrogen) atoms. The molecule has 0 aromatic heterocycles. The second-order valence-electron chi connectivity index (χ2n) is 4.86. The zero-order chi connectivity index (χ0) is 13.0. The molecule has 5 nitrogen and oxygen atoms in total. The van der Waals surface area contributed by atoms with E-state index in [0.29, 0.717) is 17.4 Å². The lowest BCUT2D eigenvalue weighted by atomic mass is 10.00. The smallest absolute Gasteiger partial charge is 0.330 e. The van der Waals surface area contributed by atoms with Crippen LogP contribution in [0.1, 0.15) is 46.5 Å². The maximum atomic E-state index is 11.6. The summed E-state index contributed by atoms with van der Waals surface area (Å²) in [6, 6.07) is 0. The van der Waals surface area contributed by atoms with Crippen molar-refractivity contribution in [1.29, 1.82) is 0 Å². The van der Waals surface area contributed by atoms with Gasteiger partial charge in [-0.25, -0.2) is 4.79 Å². The highest BCUT2D eigenvalue weighted by atomic mass is 16.7. The van der Waals surface area contributed by atoms with Crippen molar-refractivity contribution in [3.05, 3.63) is 0 Å². The molecule has 0 saturated carbocycles. The van der Waals surface area contributed by atoms with Gasteiger partial charge in [-0.15, -0.1) is 5.06 Å². The van der Waals surface area contributed by atoms with Gasteiger partial charge in [-0.3, -0.25) is 9.59 Å². The molecular weight excluding hydrogens is 222 g/mol. The van der Waals surface area contributed by atoms with E-state index in [0.717, 1.165) is 6.42 Å². The van der Waals surface area contributed by atoms with E-state index in [-0.39, 0.29) is 18.8 Å². The van der Waals surface area contributed by atoms with Gasteiger partial charge in [-0.2, -0.15) is 0 Å². The Morgan fingerprint density at radius 1 is 1.18 bits per heavy atom. The summed E-state index contributed by atoms with van der Waals surface area (Å²) >= 11 is 0. The Bertz CT molecular complexity index is 308. The van der Waals surface area contributed by atoms with Gasteiger partial charge in [0.1, 0.15) is 0 Å². The maximum Gasteiger partial charge on any atom is 0.335 e. The van der Waals surface area contributed by atoms with Crippen LogP contribution >= 0.6 is 0 Å². The fourth-order valence-corrected chi connectivity index (χ4v) is 1.54. The first-order valence-corrected chi connectivity index (χ1v) is 5.99. The number of hydrogen-bond donors (Lipinski definition) is 0. The van der Waals surface area contributed by atoms with E-state index in [2.05, 4.69) is 13.8 Å². The molecule has 1 aliphatic rings. The van der Waals surface area contributed by atoms with Crippen LogP contribution < -0.4 is 0 Å². The molecule has 0 N–H and O–H groups in total. The second kappa shape index (κ2) is 5.80. The van der Waals surface area contributed by atoms with Crippen LogP contribution in [0.2, 0.25) is 0 Å². The van der Waals surface area contributed by atoms with Gasteiger partial charge < -0.3 is 4.84 Å². The predicted molar refractivity (Wildman–Crippen MR) is 60.4 cm³/mol. The first-order valence-electron chi connectivity index (χ1n) is 5.99. The molecule has 0 aromatic rings. The van der Waals surface area contributed by atoms with Crippen LogP contribution in [0, 0.1) is 11.8 Å². The molecule has 0 aromatic carbocycles. The summed E-state index contributed by atoms with van der Waals surface area (Å²) in [6.45, 7) is 5.90. The summed E-state index contributed by atoms with van der Waals surface area (Å²) < 4.78 is 0. The standard InChI is InChI=1S/C12H19NO4/c1-8(2)4-5-9(3)12(16)17-13-10(14)6-7-11(13)15/h8-9H,4-7H2,1-3H3. The number of rotatable bonds is 5. The number of hydrogen-bond acceptors (Lipinski definition) is 4. The van der Waals surface area contributed by atoms with Crippen molar-refractivity contribution < 1.29 is 19.2 Å². The van der Waals surface area contributed by atoms with Crippen molar-refractivity contribution in [2.24, 2.45) is 11.8 Å². The Hall–Kier alpha value is -1.39. The van der Waals surface area contributed by atoms with Crippen LogP contribution in [0.15, 0.2) is 0 Å². The van der Waals surface area contributed by atoms with Crippen molar-refractivity contribution in [2.45, 2.75) is 46.5 Å². The molecule has 5 heteroatoms. The topological polar surface area (TPSA) is 63.7 Å². The minimum absolute atomic E-state index is 0.131. The first-order chi connectivity index (χ1) is 7.91. The third-order valence-electron chi connectivity index (χ3n) is 2.77. The normalized spacial score (nSPS) is 17.8. The van der Waals surface area contributed by atoms with Gasteiger partial charge in [0.05, 0.1) is 5.92 Å². The van der Waals surface area contributed by atoms with E-state index >= 15 is 0 Å². The van der Waals surface area contributed by atoms with Crippen molar-refractivity contribution in [3.63, 3.8) is 0 Å².